The van der Waals surface area contributed by atoms with Crippen molar-refractivity contribution < 1.29 is 9.72 Å². The van der Waals surface area contributed by atoms with Crippen LogP contribution in [0.1, 0.15) is 31.2 Å². The van der Waals surface area contributed by atoms with Crippen LogP contribution in [0.2, 0.25) is 0 Å². The van der Waals surface area contributed by atoms with E-state index in [-0.39, 0.29) is 5.69 Å². The van der Waals surface area contributed by atoms with Crippen LogP contribution in [-0.4, -0.2) is 10.2 Å². The van der Waals surface area contributed by atoms with Gasteiger partial charge in [-0.3, -0.25) is 14.9 Å². The van der Waals surface area contributed by atoms with Gasteiger partial charge in [0.15, 0.2) is 0 Å². The van der Waals surface area contributed by atoms with Crippen LogP contribution in [0, 0.1) is 10.1 Å². The number of carbonyl (C=O) groups excluding carboxylic acids is 1. The Morgan fingerprint density at radius 1 is 1.29 bits per heavy atom. The Morgan fingerprint density at radius 2 is 1.88 bits per heavy atom. The fourth-order valence-corrected chi connectivity index (χ4v) is 2.88. The van der Waals surface area contributed by atoms with Crippen molar-refractivity contribution in [2.75, 3.05) is 0 Å². The molecule has 2 rings (SSSR count). The average molecular weight is 254 g/mol. The van der Waals surface area contributed by atoms with Gasteiger partial charge in [-0.15, -0.1) is 0 Å². The van der Waals surface area contributed by atoms with Crippen LogP contribution in [-0.2, 0) is 10.2 Å². The molecular formula is C12H12ClNO3. The molecule has 0 unspecified atom stereocenters. The molecule has 90 valence electrons. The molecule has 0 aliphatic heterocycles. The number of hydrogen-bond acceptors (Lipinski definition) is 3. The number of para-hydroxylation sites is 1. The highest BCUT2D eigenvalue weighted by molar-refractivity contribution is 6.65. The number of nitro benzene ring substituents is 1. The van der Waals surface area contributed by atoms with E-state index in [2.05, 4.69) is 0 Å². The maximum atomic E-state index is 11.7. The first-order valence-electron chi connectivity index (χ1n) is 5.52. The lowest BCUT2D eigenvalue weighted by molar-refractivity contribution is -0.386. The molecule has 0 N–H and O–H groups in total. The molecule has 0 atom stereocenters. The molecule has 5 heteroatoms. The van der Waals surface area contributed by atoms with Gasteiger partial charge < -0.3 is 0 Å². The molecule has 1 fully saturated rings. The van der Waals surface area contributed by atoms with Crippen molar-refractivity contribution in [3.05, 3.63) is 39.9 Å². The van der Waals surface area contributed by atoms with E-state index < -0.39 is 15.6 Å². The number of halogens is 1. The Kier molecular flexibility index (Phi) is 3.15. The van der Waals surface area contributed by atoms with Gasteiger partial charge in [0.2, 0.25) is 5.24 Å². The van der Waals surface area contributed by atoms with Gasteiger partial charge in [-0.1, -0.05) is 31.0 Å². The lowest BCUT2D eigenvalue weighted by Gasteiger charge is -2.24. The van der Waals surface area contributed by atoms with Crippen LogP contribution < -0.4 is 0 Å². The summed E-state index contributed by atoms with van der Waals surface area (Å²) >= 11 is 5.69. The minimum absolute atomic E-state index is 0.0107. The summed E-state index contributed by atoms with van der Waals surface area (Å²) in [6, 6.07) is 6.38. The van der Waals surface area contributed by atoms with E-state index >= 15 is 0 Å². The van der Waals surface area contributed by atoms with Crippen LogP contribution in [0.3, 0.4) is 0 Å². The molecule has 0 aromatic heterocycles. The van der Waals surface area contributed by atoms with Crippen molar-refractivity contribution in [2.24, 2.45) is 0 Å². The van der Waals surface area contributed by atoms with Crippen LogP contribution in [0.5, 0.6) is 0 Å². The van der Waals surface area contributed by atoms with Crippen molar-refractivity contribution in [1.82, 2.24) is 0 Å². The normalized spacial score (nSPS) is 17.9. The second-order valence-electron chi connectivity index (χ2n) is 4.34. The summed E-state index contributed by atoms with van der Waals surface area (Å²) in [5.41, 5.74) is -0.406. The van der Waals surface area contributed by atoms with E-state index in [9.17, 15) is 14.9 Å². The molecule has 17 heavy (non-hydrogen) atoms. The standard InChI is InChI=1S/C12H12ClNO3/c13-11(15)12(7-3-4-8-12)9-5-1-2-6-10(9)14(16)17/h1-2,5-6H,3-4,7-8H2. The Bertz CT molecular complexity index is 467. The number of rotatable bonds is 3. The van der Waals surface area contributed by atoms with Gasteiger partial charge in [-0.25, -0.2) is 0 Å². The molecule has 0 spiro atoms. The van der Waals surface area contributed by atoms with Gasteiger partial charge >= 0.3 is 0 Å². The minimum atomic E-state index is -0.856. The Morgan fingerprint density at radius 3 is 2.41 bits per heavy atom. The third-order valence-electron chi connectivity index (χ3n) is 3.45. The summed E-state index contributed by atoms with van der Waals surface area (Å²) in [6.45, 7) is 0. The molecule has 0 amide bonds. The number of benzene rings is 1. The zero-order valence-corrected chi connectivity index (χ0v) is 9.94. The molecule has 4 nitrogen and oxygen atoms in total. The van der Waals surface area contributed by atoms with E-state index in [0.717, 1.165) is 12.8 Å². The summed E-state index contributed by atoms with van der Waals surface area (Å²) in [7, 11) is 0. The highest BCUT2D eigenvalue weighted by Gasteiger charge is 2.45. The third-order valence-corrected chi connectivity index (χ3v) is 3.81. The Labute approximate surface area is 104 Å². The van der Waals surface area contributed by atoms with E-state index in [4.69, 9.17) is 11.6 Å². The minimum Gasteiger partial charge on any atom is -0.280 e. The van der Waals surface area contributed by atoms with Gasteiger partial charge in [0.05, 0.1) is 10.3 Å². The maximum Gasteiger partial charge on any atom is 0.273 e. The molecule has 1 aromatic carbocycles. The Balaban J connectivity index is 2.58. The molecule has 1 aromatic rings. The summed E-state index contributed by atoms with van der Waals surface area (Å²) in [5.74, 6) is 0. The van der Waals surface area contributed by atoms with Crippen molar-refractivity contribution in [3.8, 4) is 0 Å². The summed E-state index contributed by atoms with van der Waals surface area (Å²) in [6.07, 6.45) is 2.95. The highest BCUT2D eigenvalue weighted by Crippen LogP contribution is 2.45. The predicted molar refractivity (Wildman–Crippen MR) is 64.1 cm³/mol. The zero-order valence-electron chi connectivity index (χ0n) is 9.19. The second-order valence-corrected chi connectivity index (χ2v) is 4.68. The fraction of sp³-hybridized carbons (Fsp3) is 0.417. The average Bonchev–Trinajstić information content (AvgIpc) is 2.79. The van der Waals surface area contributed by atoms with E-state index in [0.29, 0.717) is 18.4 Å². The van der Waals surface area contributed by atoms with Gasteiger partial charge in [-0.05, 0) is 24.4 Å². The van der Waals surface area contributed by atoms with Gasteiger partial charge in [-0.2, -0.15) is 0 Å². The number of nitrogens with zero attached hydrogens (tertiary/aromatic N) is 1. The van der Waals surface area contributed by atoms with Crippen molar-refractivity contribution in [2.45, 2.75) is 31.1 Å². The number of hydrogen-bond donors (Lipinski definition) is 0. The predicted octanol–water partition coefficient (Wildman–Crippen LogP) is 3.17. The molecule has 0 radical (unpaired) electrons. The van der Waals surface area contributed by atoms with Crippen molar-refractivity contribution in [1.29, 1.82) is 0 Å². The molecule has 1 aliphatic rings. The van der Waals surface area contributed by atoms with Gasteiger partial charge in [0.1, 0.15) is 0 Å². The van der Waals surface area contributed by atoms with Gasteiger partial charge in [0, 0.05) is 11.6 Å². The number of nitro groups is 1. The Hall–Kier alpha value is -1.42. The van der Waals surface area contributed by atoms with Crippen LogP contribution in [0.4, 0.5) is 5.69 Å². The zero-order chi connectivity index (χ0) is 12.5. The quantitative estimate of drug-likeness (QED) is 0.472. The SMILES string of the molecule is O=C(Cl)C1(c2ccccc2[N+](=O)[O-])CCCC1. The van der Waals surface area contributed by atoms with E-state index in [1.807, 2.05) is 0 Å². The third kappa shape index (κ3) is 1.93. The smallest absolute Gasteiger partial charge is 0.273 e. The summed E-state index contributed by atoms with van der Waals surface area (Å²) < 4.78 is 0. The van der Waals surface area contributed by atoms with Crippen LogP contribution in [0.25, 0.3) is 0 Å². The molecule has 1 aliphatic carbocycles. The van der Waals surface area contributed by atoms with Crippen molar-refractivity contribution in [3.63, 3.8) is 0 Å². The monoisotopic (exact) mass is 253 g/mol. The maximum absolute atomic E-state index is 11.7. The van der Waals surface area contributed by atoms with E-state index in [1.54, 1.807) is 18.2 Å². The highest BCUT2D eigenvalue weighted by atomic mass is 35.5. The lowest BCUT2D eigenvalue weighted by Crippen LogP contribution is -2.30. The fourth-order valence-electron chi connectivity index (χ4n) is 2.59. The first kappa shape index (κ1) is 12.0. The first-order chi connectivity index (χ1) is 8.08. The molecule has 0 heterocycles. The van der Waals surface area contributed by atoms with Crippen LogP contribution in [0.15, 0.2) is 24.3 Å². The second kappa shape index (κ2) is 4.45. The first-order valence-corrected chi connectivity index (χ1v) is 5.89. The molecular weight excluding hydrogens is 242 g/mol. The molecule has 1 saturated carbocycles. The number of carbonyl (C=O) groups is 1. The molecule has 0 saturated heterocycles. The summed E-state index contributed by atoms with van der Waals surface area (Å²) in [4.78, 5) is 22.2. The largest absolute Gasteiger partial charge is 0.280 e. The van der Waals surface area contributed by atoms with Gasteiger partial charge in [0.25, 0.3) is 5.69 Å². The molecule has 0 bridgehead atoms. The van der Waals surface area contributed by atoms with Crippen molar-refractivity contribution >= 4 is 22.5 Å². The summed E-state index contributed by atoms with van der Waals surface area (Å²) in [5, 5.41) is 10.5. The van der Waals surface area contributed by atoms with Crippen LogP contribution >= 0.6 is 11.6 Å². The van der Waals surface area contributed by atoms with E-state index in [1.165, 1.54) is 6.07 Å². The topological polar surface area (TPSA) is 60.2 Å². The lowest BCUT2D eigenvalue weighted by atomic mass is 9.79.